The Hall–Kier alpha value is -3.54. The maximum atomic E-state index is 12.5. The molecule has 2 aromatic heterocycles. The van der Waals surface area contributed by atoms with E-state index >= 15 is 0 Å². The molecule has 9 nitrogen and oxygen atoms in total. The molecule has 0 saturated heterocycles. The molecule has 1 aliphatic carbocycles. The second kappa shape index (κ2) is 11.7. The van der Waals surface area contributed by atoms with Crippen LogP contribution in [0.2, 0.25) is 0 Å². The van der Waals surface area contributed by atoms with Crippen molar-refractivity contribution in [3.63, 3.8) is 0 Å². The number of anilines is 2. The molecule has 2 aromatic carbocycles. The number of amides is 2. The van der Waals surface area contributed by atoms with Gasteiger partial charge in [0, 0.05) is 11.8 Å². The first kappa shape index (κ1) is 25.1. The van der Waals surface area contributed by atoms with E-state index in [2.05, 4.69) is 31.0 Å². The van der Waals surface area contributed by atoms with Gasteiger partial charge in [-0.2, -0.15) is 0 Å². The minimum Gasteiger partial charge on any atom is -0.378 e. The minimum atomic E-state index is -1.27. The van der Waals surface area contributed by atoms with Gasteiger partial charge in [-0.05, 0) is 30.4 Å². The van der Waals surface area contributed by atoms with E-state index < -0.39 is 12.0 Å². The molecule has 0 unspecified atom stereocenters. The SMILES string of the molecule is O=C(Cc1ccccc1)Nc1nnc([C@H]2CCC[C@H](c3nnc(NC(=O)[C@@H](O)c4ccccc4)s3)C2)s1. The first-order chi connectivity index (χ1) is 18.0. The van der Waals surface area contributed by atoms with Gasteiger partial charge in [0.1, 0.15) is 10.0 Å². The molecule has 37 heavy (non-hydrogen) atoms. The molecule has 0 radical (unpaired) electrons. The van der Waals surface area contributed by atoms with Crippen LogP contribution in [0, 0.1) is 0 Å². The number of hydrogen-bond donors (Lipinski definition) is 3. The molecular formula is C26H26N6O3S2. The molecule has 4 aromatic rings. The zero-order valence-corrected chi connectivity index (χ0v) is 21.5. The van der Waals surface area contributed by atoms with Gasteiger partial charge in [-0.25, -0.2) is 0 Å². The highest BCUT2D eigenvalue weighted by Crippen LogP contribution is 2.43. The zero-order chi connectivity index (χ0) is 25.6. The fourth-order valence-corrected chi connectivity index (χ4v) is 6.24. The fraction of sp³-hybridized carbons (Fsp3) is 0.308. The van der Waals surface area contributed by atoms with Gasteiger partial charge in [-0.1, -0.05) is 89.8 Å². The number of aliphatic hydroxyl groups is 1. The predicted octanol–water partition coefficient (Wildman–Crippen LogP) is 4.68. The third kappa shape index (κ3) is 6.43. The predicted molar refractivity (Wildman–Crippen MR) is 143 cm³/mol. The number of rotatable bonds is 8. The van der Waals surface area contributed by atoms with Crippen LogP contribution in [0.15, 0.2) is 60.7 Å². The van der Waals surface area contributed by atoms with Crippen molar-refractivity contribution in [2.45, 2.75) is 50.0 Å². The Bertz CT molecular complexity index is 1340. The molecule has 0 aliphatic heterocycles. The topological polar surface area (TPSA) is 130 Å². The van der Waals surface area contributed by atoms with Crippen molar-refractivity contribution >= 4 is 44.8 Å². The molecule has 3 N–H and O–H groups in total. The van der Waals surface area contributed by atoms with Crippen molar-refractivity contribution in [3.8, 4) is 0 Å². The first-order valence-electron chi connectivity index (χ1n) is 12.1. The van der Waals surface area contributed by atoms with Gasteiger partial charge in [0.05, 0.1) is 6.42 Å². The number of carbonyl (C=O) groups is 2. The van der Waals surface area contributed by atoms with Crippen LogP contribution in [0.1, 0.15) is 64.8 Å². The van der Waals surface area contributed by atoms with Crippen LogP contribution in [0.5, 0.6) is 0 Å². The fourth-order valence-electron chi connectivity index (χ4n) is 4.44. The standard InChI is InChI=1S/C26H26N6O3S2/c33-20(14-16-8-3-1-4-9-16)27-25-31-29-23(36-25)18-12-7-13-19(15-18)24-30-32-26(37-24)28-22(35)21(34)17-10-5-2-6-11-17/h1-6,8-11,18-19,21,34H,7,12-15H2,(H,27,31,33)(H,28,32,35)/t18-,19-,21-/m0/s1. The Morgan fingerprint density at radius 1 is 0.838 bits per heavy atom. The summed E-state index contributed by atoms with van der Waals surface area (Å²) < 4.78 is 0. The second-order valence-corrected chi connectivity index (χ2v) is 11.0. The monoisotopic (exact) mass is 534 g/mol. The van der Waals surface area contributed by atoms with Gasteiger partial charge < -0.3 is 10.4 Å². The molecule has 5 rings (SSSR count). The highest BCUT2D eigenvalue weighted by atomic mass is 32.1. The van der Waals surface area contributed by atoms with Crippen LogP contribution in [-0.2, 0) is 16.0 Å². The lowest BCUT2D eigenvalue weighted by Gasteiger charge is -2.25. The van der Waals surface area contributed by atoms with Gasteiger partial charge in [-0.15, -0.1) is 20.4 Å². The smallest absolute Gasteiger partial charge is 0.259 e. The molecule has 190 valence electrons. The van der Waals surface area contributed by atoms with Crippen molar-refractivity contribution in [1.82, 2.24) is 20.4 Å². The van der Waals surface area contributed by atoms with Crippen molar-refractivity contribution in [2.75, 3.05) is 10.6 Å². The quantitative estimate of drug-likeness (QED) is 0.299. The third-order valence-corrected chi connectivity index (χ3v) is 8.30. The van der Waals surface area contributed by atoms with E-state index in [0.717, 1.165) is 41.3 Å². The number of hydrogen-bond acceptors (Lipinski definition) is 9. The normalized spacial score (nSPS) is 18.2. The number of nitrogens with zero attached hydrogens (tertiary/aromatic N) is 4. The van der Waals surface area contributed by atoms with Crippen LogP contribution >= 0.6 is 22.7 Å². The van der Waals surface area contributed by atoms with E-state index in [1.165, 1.54) is 22.7 Å². The molecule has 0 bridgehead atoms. The van der Waals surface area contributed by atoms with E-state index in [-0.39, 0.29) is 17.7 Å². The number of nitrogens with one attached hydrogen (secondary N) is 2. The Balaban J connectivity index is 1.17. The minimum absolute atomic E-state index is 0.115. The summed E-state index contributed by atoms with van der Waals surface area (Å²) in [4.78, 5) is 24.8. The van der Waals surface area contributed by atoms with Crippen LogP contribution in [0.3, 0.4) is 0 Å². The van der Waals surface area contributed by atoms with Crippen molar-refractivity contribution in [3.05, 3.63) is 81.8 Å². The Labute approximate surface area is 222 Å². The second-order valence-electron chi connectivity index (χ2n) is 8.96. The maximum absolute atomic E-state index is 12.5. The highest BCUT2D eigenvalue weighted by Gasteiger charge is 2.30. The number of aliphatic hydroxyl groups excluding tert-OH is 1. The Kier molecular flexibility index (Phi) is 7.93. The zero-order valence-electron chi connectivity index (χ0n) is 19.9. The molecule has 0 spiro atoms. The molecule has 1 aliphatic rings. The summed E-state index contributed by atoms with van der Waals surface area (Å²) in [5.41, 5.74) is 1.47. The van der Waals surface area contributed by atoms with Gasteiger partial charge in [0.2, 0.25) is 16.2 Å². The molecule has 1 fully saturated rings. The summed E-state index contributed by atoms with van der Waals surface area (Å²) in [5.74, 6) is -0.235. The van der Waals surface area contributed by atoms with E-state index in [1.54, 1.807) is 24.3 Å². The average molecular weight is 535 g/mol. The van der Waals surface area contributed by atoms with Crippen LogP contribution in [0.25, 0.3) is 0 Å². The van der Waals surface area contributed by atoms with Gasteiger partial charge in [0.15, 0.2) is 6.10 Å². The lowest BCUT2D eigenvalue weighted by Crippen LogP contribution is -2.20. The third-order valence-electron chi connectivity index (χ3n) is 6.30. The maximum Gasteiger partial charge on any atom is 0.259 e. The van der Waals surface area contributed by atoms with E-state index in [0.29, 0.717) is 22.2 Å². The Morgan fingerprint density at radius 3 is 2.03 bits per heavy atom. The summed E-state index contributed by atoms with van der Waals surface area (Å²) in [6.07, 6.45) is 2.85. The van der Waals surface area contributed by atoms with Crippen LogP contribution < -0.4 is 10.6 Å². The summed E-state index contributed by atoms with van der Waals surface area (Å²) >= 11 is 2.76. The molecule has 1 saturated carbocycles. The summed E-state index contributed by atoms with van der Waals surface area (Å²) in [7, 11) is 0. The van der Waals surface area contributed by atoms with Gasteiger partial charge in [-0.3, -0.25) is 14.9 Å². The Morgan fingerprint density at radius 2 is 1.41 bits per heavy atom. The number of aromatic nitrogens is 4. The summed E-state index contributed by atoms with van der Waals surface area (Å²) in [6.45, 7) is 0. The first-order valence-corrected chi connectivity index (χ1v) is 13.7. The number of benzene rings is 2. The summed E-state index contributed by atoms with van der Waals surface area (Å²) in [5, 5.41) is 35.5. The van der Waals surface area contributed by atoms with Crippen molar-refractivity contribution in [1.29, 1.82) is 0 Å². The van der Waals surface area contributed by atoms with Gasteiger partial charge in [0.25, 0.3) is 5.91 Å². The summed E-state index contributed by atoms with van der Waals surface area (Å²) in [6, 6.07) is 18.4. The van der Waals surface area contributed by atoms with Gasteiger partial charge >= 0.3 is 0 Å². The van der Waals surface area contributed by atoms with Crippen molar-refractivity contribution < 1.29 is 14.7 Å². The van der Waals surface area contributed by atoms with E-state index in [1.807, 2.05) is 36.4 Å². The number of carbonyl (C=O) groups excluding carboxylic acids is 2. The molecule has 2 amide bonds. The van der Waals surface area contributed by atoms with E-state index in [9.17, 15) is 14.7 Å². The van der Waals surface area contributed by atoms with Crippen molar-refractivity contribution in [2.24, 2.45) is 0 Å². The van der Waals surface area contributed by atoms with E-state index in [4.69, 9.17) is 0 Å². The lowest BCUT2D eigenvalue weighted by atomic mass is 9.82. The highest BCUT2D eigenvalue weighted by molar-refractivity contribution is 7.15. The molecule has 3 atom stereocenters. The lowest BCUT2D eigenvalue weighted by molar-refractivity contribution is -0.124. The van der Waals surface area contributed by atoms with Crippen LogP contribution in [-0.4, -0.2) is 37.3 Å². The average Bonchev–Trinajstić information content (AvgIpc) is 3.59. The largest absolute Gasteiger partial charge is 0.378 e. The molecule has 2 heterocycles. The molecule has 11 heteroatoms. The molecular weight excluding hydrogens is 508 g/mol. The van der Waals surface area contributed by atoms with Crippen LogP contribution in [0.4, 0.5) is 10.3 Å².